The molecule has 4 heteroatoms. The summed E-state index contributed by atoms with van der Waals surface area (Å²) >= 11 is -1.48. The molecule has 0 saturated carbocycles. The minimum Gasteiger partial charge on any atom is -0.0622 e. The second-order valence-electron chi connectivity index (χ2n) is 3.10. The first kappa shape index (κ1) is 15.0. The van der Waals surface area contributed by atoms with Gasteiger partial charge in [0.1, 0.15) is 0 Å². The van der Waals surface area contributed by atoms with Gasteiger partial charge in [-0.2, -0.15) is 0 Å². The van der Waals surface area contributed by atoms with Gasteiger partial charge in [-0.3, -0.25) is 0 Å². The zero-order chi connectivity index (χ0) is 12.5. The number of rotatable bonds is 2. The second-order valence-corrected chi connectivity index (χ2v) is 10.3. The van der Waals surface area contributed by atoms with E-state index in [4.69, 9.17) is 19.4 Å². The fraction of sp³-hybridized carbons (Fsp3) is 0. The van der Waals surface area contributed by atoms with Crippen LogP contribution in [0.5, 0.6) is 0 Å². The molecule has 0 atom stereocenters. The van der Waals surface area contributed by atoms with Gasteiger partial charge in [-0.1, -0.05) is 69.2 Å². The molecule has 0 aliphatic carbocycles. The van der Waals surface area contributed by atoms with Crippen LogP contribution in [0.1, 0.15) is 0 Å². The molecule has 0 amide bonds. The van der Waals surface area contributed by atoms with Crippen LogP contribution in [0.3, 0.4) is 0 Å². The predicted octanol–water partition coefficient (Wildman–Crippen LogP) is 3.66. The van der Waals surface area contributed by atoms with Crippen molar-refractivity contribution in [2.24, 2.45) is 0 Å². The van der Waals surface area contributed by atoms with E-state index in [1.807, 2.05) is 0 Å². The van der Waals surface area contributed by atoms with Gasteiger partial charge in [-0.15, -0.1) is 0 Å². The average molecular weight is 372 g/mol. The van der Waals surface area contributed by atoms with E-state index in [2.05, 4.69) is 65.8 Å². The van der Waals surface area contributed by atoms with E-state index in [9.17, 15) is 0 Å². The first-order valence-corrected chi connectivity index (χ1v) is 11.5. The number of hydrogen-bond acceptors (Lipinski definition) is 0. The molecule has 0 radical (unpaired) electrons. The van der Waals surface area contributed by atoms with Crippen molar-refractivity contribution < 1.29 is 13.5 Å². The van der Waals surface area contributed by atoms with Crippen molar-refractivity contribution in [3.05, 3.63) is 60.7 Å². The van der Waals surface area contributed by atoms with Crippen LogP contribution in [0.25, 0.3) is 0 Å². The fourth-order valence-corrected chi connectivity index (χ4v) is 2.26. The van der Waals surface area contributed by atoms with Crippen LogP contribution >= 0.6 is 28.0 Å². The minimum atomic E-state index is -1.48. The Morgan fingerprint density at radius 3 is 1.35 bits per heavy atom. The number of benzene rings is 2. The van der Waals surface area contributed by atoms with Crippen molar-refractivity contribution in [1.29, 1.82) is 0 Å². The molecule has 0 spiro atoms. The Hall–Kier alpha value is -0.0566. The molecular weight excluding hydrogens is 359 g/mol. The van der Waals surface area contributed by atoms with Crippen LogP contribution in [-0.4, -0.2) is 5.11 Å². The average Bonchev–Trinajstić information content (AvgIpc) is 2.31. The van der Waals surface area contributed by atoms with Gasteiger partial charge in [0.25, 0.3) is 0 Å². The zero-order valence-corrected chi connectivity index (χ0v) is 13.3. The van der Waals surface area contributed by atoms with E-state index < -0.39 is 13.5 Å². The van der Waals surface area contributed by atoms with Crippen molar-refractivity contribution in [2.75, 3.05) is 0 Å². The van der Waals surface area contributed by atoms with Crippen LogP contribution < -0.4 is 10.6 Å². The van der Waals surface area contributed by atoms with Gasteiger partial charge >= 0.3 is 38.0 Å². The summed E-state index contributed by atoms with van der Waals surface area (Å²) in [5.74, 6) is 0. The molecule has 17 heavy (non-hydrogen) atoms. The quantitative estimate of drug-likeness (QED) is 0.558. The van der Waals surface area contributed by atoms with Gasteiger partial charge in [0.05, 0.1) is 0 Å². The van der Waals surface area contributed by atoms with Gasteiger partial charge in [-0.05, 0) is 10.6 Å². The monoisotopic (exact) mass is 372 g/mol. The minimum absolute atomic E-state index is 0.777. The maximum absolute atomic E-state index is 5.07. The van der Waals surface area contributed by atoms with Gasteiger partial charge in [0, 0.05) is 0 Å². The van der Waals surface area contributed by atoms with Gasteiger partial charge in [0.2, 0.25) is 0 Å². The first-order valence-electron chi connectivity index (χ1n) is 4.84. The van der Waals surface area contributed by atoms with Crippen LogP contribution in [0.2, 0.25) is 0 Å². The molecule has 0 bridgehead atoms. The maximum Gasteiger partial charge on any atom is -0.0226 e. The van der Waals surface area contributed by atoms with Gasteiger partial charge in [-0.25, -0.2) is 0 Å². The van der Waals surface area contributed by atoms with Crippen molar-refractivity contribution in [3.63, 3.8) is 0 Å². The van der Waals surface area contributed by atoms with E-state index in [0.717, 1.165) is 8.58 Å². The summed E-state index contributed by atoms with van der Waals surface area (Å²) in [6.45, 7) is 0. The standard InChI is InChI=1S/C12H11P.CH2.2ClH.Ru/c1-3-7-11(8-4-1)13-12-9-5-2-6-10-12;;;;/h1-10,13H;1H2;2*1H;/q;;;;+2/p-2. The molecule has 0 heterocycles. The number of halogens is 2. The van der Waals surface area contributed by atoms with E-state index in [1.165, 1.54) is 10.6 Å². The van der Waals surface area contributed by atoms with Crippen molar-refractivity contribution in [3.8, 4) is 0 Å². The molecule has 0 aromatic heterocycles. The maximum atomic E-state index is 5.07. The molecule has 92 valence electrons. The van der Waals surface area contributed by atoms with Crippen molar-refractivity contribution >= 4 is 43.7 Å². The summed E-state index contributed by atoms with van der Waals surface area (Å²) in [5.41, 5.74) is 0. The van der Waals surface area contributed by atoms with Crippen LogP contribution in [-0.2, 0) is 13.5 Å². The summed E-state index contributed by atoms with van der Waals surface area (Å²) in [5, 5.41) is 6.11. The Morgan fingerprint density at radius 2 is 1.06 bits per heavy atom. The SMILES string of the molecule is [CH2]=[Ru]([Cl])[Cl].c1ccc(Pc2ccccc2)cc1. The molecule has 0 aliphatic heterocycles. The molecule has 2 aromatic carbocycles. The van der Waals surface area contributed by atoms with Crippen LogP contribution in [0, 0.1) is 0 Å². The Kier molecular flexibility index (Phi) is 7.90. The second kappa shape index (κ2) is 8.95. The van der Waals surface area contributed by atoms with Crippen molar-refractivity contribution in [1.82, 2.24) is 0 Å². The van der Waals surface area contributed by atoms with E-state index in [0.29, 0.717) is 0 Å². The summed E-state index contributed by atoms with van der Waals surface area (Å²) in [7, 11) is 10.9. The van der Waals surface area contributed by atoms with E-state index >= 15 is 0 Å². The molecule has 2 aromatic rings. The topological polar surface area (TPSA) is 0 Å². The number of hydrogen-bond donors (Lipinski definition) is 0. The molecule has 0 unspecified atom stereocenters. The molecule has 0 N–H and O–H groups in total. The predicted molar refractivity (Wildman–Crippen MR) is 79.3 cm³/mol. The Morgan fingerprint density at radius 1 is 0.765 bits per heavy atom. The fourth-order valence-electron chi connectivity index (χ4n) is 1.21. The van der Waals surface area contributed by atoms with E-state index in [-0.39, 0.29) is 0 Å². The van der Waals surface area contributed by atoms with Crippen LogP contribution in [0.15, 0.2) is 60.7 Å². The Labute approximate surface area is 117 Å². The molecule has 0 nitrogen and oxygen atoms in total. The summed E-state index contributed by atoms with van der Waals surface area (Å²) in [6.07, 6.45) is 0. The van der Waals surface area contributed by atoms with Crippen LogP contribution in [0.4, 0.5) is 0 Å². The first-order chi connectivity index (χ1) is 8.18. The smallest absolute Gasteiger partial charge is 0.0226 e. The summed E-state index contributed by atoms with van der Waals surface area (Å²) < 4.78 is 0. The Balaban J connectivity index is 0.000000317. The summed E-state index contributed by atoms with van der Waals surface area (Å²) in [4.78, 5) is 0. The zero-order valence-electron chi connectivity index (χ0n) is 9.09. The third kappa shape index (κ3) is 7.79. The molecule has 0 aliphatic rings. The normalized spacial score (nSPS) is 10.1. The molecular formula is C13H13Cl2PRu. The third-order valence-corrected chi connectivity index (χ3v) is 3.08. The van der Waals surface area contributed by atoms with E-state index in [1.54, 1.807) is 0 Å². The van der Waals surface area contributed by atoms with Crippen molar-refractivity contribution in [2.45, 2.75) is 0 Å². The molecule has 2 rings (SSSR count). The van der Waals surface area contributed by atoms with Gasteiger partial charge < -0.3 is 0 Å². The molecule has 0 saturated heterocycles. The third-order valence-electron chi connectivity index (χ3n) is 1.84. The largest absolute Gasteiger partial charge is 0.0622 e. The molecule has 0 fully saturated rings. The Bertz CT molecular complexity index is 404. The summed E-state index contributed by atoms with van der Waals surface area (Å²) in [6, 6.07) is 21.2. The van der Waals surface area contributed by atoms with Gasteiger partial charge in [0.15, 0.2) is 0 Å².